The Labute approximate surface area is 164 Å². The van der Waals surface area contributed by atoms with Crippen LogP contribution in [0.4, 0.5) is 11.4 Å². The van der Waals surface area contributed by atoms with Gasteiger partial charge in [-0.2, -0.15) is 0 Å². The van der Waals surface area contributed by atoms with Gasteiger partial charge < -0.3 is 4.90 Å². The molecule has 28 heavy (non-hydrogen) atoms. The minimum Gasteiger partial charge on any atom is -0.363 e. The van der Waals surface area contributed by atoms with Crippen molar-refractivity contribution in [3.63, 3.8) is 0 Å². The van der Waals surface area contributed by atoms with Gasteiger partial charge in [0.25, 0.3) is 5.69 Å². The summed E-state index contributed by atoms with van der Waals surface area (Å²) in [6.45, 7) is 1.03. The molecule has 6 rings (SSSR count). The number of nitro benzene ring substituents is 1. The first-order valence-electron chi connectivity index (χ1n) is 10.2. The summed E-state index contributed by atoms with van der Waals surface area (Å²) in [5.74, 6) is 1.52. The van der Waals surface area contributed by atoms with Crippen molar-refractivity contribution in [1.82, 2.24) is 0 Å². The fraction of sp³-hybridized carbons (Fsp3) is 0.333. The molecular weight excluding hydrogens is 348 g/mol. The van der Waals surface area contributed by atoms with E-state index in [4.69, 9.17) is 0 Å². The molecule has 0 fully saturated rings. The summed E-state index contributed by atoms with van der Waals surface area (Å²) in [5, 5.41) is 11.7. The summed E-state index contributed by atoms with van der Waals surface area (Å²) in [5.41, 5.74) is 5.19. The van der Waals surface area contributed by atoms with E-state index in [0.717, 1.165) is 30.5 Å². The van der Waals surface area contributed by atoms with Crippen LogP contribution in [0.1, 0.15) is 47.4 Å². The highest BCUT2D eigenvalue weighted by molar-refractivity contribution is 5.72. The fourth-order valence-electron chi connectivity index (χ4n) is 6.09. The molecule has 0 N–H and O–H groups in total. The van der Waals surface area contributed by atoms with E-state index in [-0.39, 0.29) is 16.5 Å². The Hall–Kier alpha value is -2.88. The second-order valence-electron chi connectivity index (χ2n) is 8.54. The smallest absolute Gasteiger partial charge is 0.270 e. The Kier molecular flexibility index (Phi) is 3.34. The number of rotatable bonds is 2. The standard InChI is InChI=1S/C24H22N2O2/c27-26(28)17-12-21-18-9-4-8-16(18)14-25-23(15-6-2-1-3-7-15)20-11-5-10-19(20)22(13-17)24(21)25/h1-7,9-10,12-13,16,18-20,23H,8,11,14H2/t16-,18-,19+,20-,23-/m0/s1. The molecule has 5 atom stereocenters. The lowest BCUT2D eigenvalue weighted by Crippen LogP contribution is -2.46. The van der Waals surface area contributed by atoms with Gasteiger partial charge in [-0.3, -0.25) is 10.1 Å². The molecule has 2 aromatic rings. The molecule has 2 aliphatic heterocycles. The van der Waals surface area contributed by atoms with Gasteiger partial charge in [0.1, 0.15) is 0 Å². The molecule has 0 spiro atoms. The molecule has 0 bridgehead atoms. The molecule has 0 saturated carbocycles. The third kappa shape index (κ3) is 2.12. The lowest BCUT2D eigenvalue weighted by atomic mass is 9.70. The largest absolute Gasteiger partial charge is 0.363 e. The molecule has 2 aliphatic carbocycles. The molecule has 4 nitrogen and oxygen atoms in total. The van der Waals surface area contributed by atoms with E-state index in [2.05, 4.69) is 59.5 Å². The summed E-state index contributed by atoms with van der Waals surface area (Å²) in [4.78, 5) is 14.0. The van der Waals surface area contributed by atoms with Crippen LogP contribution < -0.4 is 4.90 Å². The van der Waals surface area contributed by atoms with Crippen molar-refractivity contribution in [2.24, 2.45) is 11.8 Å². The van der Waals surface area contributed by atoms with E-state index in [1.54, 1.807) is 0 Å². The Morgan fingerprint density at radius 1 is 0.964 bits per heavy atom. The van der Waals surface area contributed by atoms with E-state index in [0.29, 0.717) is 23.8 Å². The zero-order chi connectivity index (χ0) is 18.8. The maximum absolute atomic E-state index is 11.7. The lowest BCUT2D eigenvalue weighted by Gasteiger charge is -2.51. The molecular formula is C24H22N2O2. The highest BCUT2D eigenvalue weighted by atomic mass is 16.6. The minimum atomic E-state index is -0.222. The Bertz CT molecular complexity index is 1010. The molecule has 4 aliphatic rings. The molecule has 4 heteroatoms. The number of benzene rings is 2. The van der Waals surface area contributed by atoms with Gasteiger partial charge in [-0.25, -0.2) is 0 Å². The molecule has 0 radical (unpaired) electrons. The van der Waals surface area contributed by atoms with E-state index >= 15 is 0 Å². The van der Waals surface area contributed by atoms with Crippen LogP contribution in [0.2, 0.25) is 0 Å². The second-order valence-corrected chi connectivity index (χ2v) is 8.54. The number of fused-ring (bicyclic) bond motifs is 4. The zero-order valence-electron chi connectivity index (χ0n) is 15.6. The zero-order valence-corrected chi connectivity index (χ0v) is 15.6. The monoisotopic (exact) mass is 370 g/mol. The Balaban J connectivity index is 1.61. The average Bonchev–Trinajstić information content (AvgIpc) is 3.38. The van der Waals surface area contributed by atoms with Crippen LogP contribution in [0.3, 0.4) is 0 Å². The highest BCUT2D eigenvalue weighted by Gasteiger charge is 2.48. The number of hydrogen-bond acceptors (Lipinski definition) is 3. The lowest BCUT2D eigenvalue weighted by molar-refractivity contribution is -0.385. The van der Waals surface area contributed by atoms with E-state index < -0.39 is 0 Å². The number of anilines is 1. The van der Waals surface area contributed by atoms with Gasteiger partial charge in [-0.05, 0) is 41.4 Å². The third-order valence-electron chi connectivity index (χ3n) is 7.19. The number of allylic oxidation sites excluding steroid dienone is 4. The maximum atomic E-state index is 11.7. The molecule has 140 valence electrons. The van der Waals surface area contributed by atoms with Gasteiger partial charge in [-0.15, -0.1) is 0 Å². The van der Waals surface area contributed by atoms with Crippen molar-refractivity contribution in [2.75, 3.05) is 11.4 Å². The predicted octanol–water partition coefficient (Wildman–Crippen LogP) is 5.49. The summed E-state index contributed by atoms with van der Waals surface area (Å²) in [6, 6.07) is 14.8. The van der Waals surface area contributed by atoms with Gasteiger partial charge >= 0.3 is 0 Å². The van der Waals surface area contributed by atoms with Crippen LogP contribution in [0.5, 0.6) is 0 Å². The summed E-state index contributed by atoms with van der Waals surface area (Å²) in [6.07, 6.45) is 11.2. The van der Waals surface area contributed by atoms with E-state index in [9.17, 15) is 10.1 Å². The van der Waals surface area contributed by atoms with Crippen LogP contribution in [-0.4, -0.2) is 11.5 Å². The van der Waals surface area contributed by atoms with Crippen LogP contribution in [0, 0.1) is 22.0 Å². The van der Waals surface area contributed by atoms with E-state index in [1.165, 1.54) is 11.3 Å². The Morgan fingerprint density at radius 3 is 2.46 bits per heavy atom. The third-order valence-corrected chi connectivity index (χ3v) is 7.19. The predicted molar refractivity (Wildman–Crippen MR) is 110 cm³/mol. The molecule has 0 amide bonds. The van der Waals surface area contributed by atoms with Crippen molar-refractivity contribution in [2.45, 2.75) is 30.7 Å². The maximum Gasteiger partial charge on any atom is 0.270 e. The van der Waals surface area contributed by atoms with Crippen molar-refractivity contribution in [3.05, 3.63) is 93.6 Å². The minimum absolute atomic E-state index is 0.222. The van der Waals surface area contributed by atoms with Crippen molar-refractivity contribution in [1.29, 1.82) is 0 Å². The van der Waals surface area contributed by atoms with Gasteiger partial charge in [0.05, 0.1) is 11.0 Å². The quantitative estimate of drug-likeness (QED) is 0.399. The van der Waals surface area contributed by atoms with Crippen LogP contribution in [0.15, 0.2) is 66.8 Å². The van der Waals surface area contributed by atoms with Gasteiger partial charge in [0.15, 0.2) is 0 Å². The van der Waals surface area contributed by atoms with Crippen molar-refractivity contribution in [3.8, 4) is 0 Å². The first kappa shape index (κ1) is 16.1. The molecule has 0 unspecified atom stereocenters. The van der Waals surface area contributed by atoms with Crippen molar-refractivity contribution >= 4 is 11.4 Å². The summed E-state index contributed by atoms with van der Waals surface area (Å²) < 4.78 is 0. The number of non-ortho nitro benzene ring substituents is 1. The average molecular weight is 370 g/mol. The highest BCUT2D eigenvalue weighted by Crippen LogP contribution is 2.59. The summed E-state index contributed by atoms with van der Waals surface area (Å²) in [7, 11) is 0. The fourth-order valence-corrected chi connectivity index (χ4v) is 6.09. The van der Waals surface area contributed by atoms with Crippen molar-refractivity contribution < 1.29 is 4.92 Å². The molecule has 0 aromatic heterocycles. The first-order chi connectivity index (χ1) is 13.7. The van der Waals surface area contributed by atoms with Crippen LogP contribution in [0.25, 0.3) is 0 Å². The normalized spacial score (nSPS) is 31.4. The molecule has 2 heterocycles. The topological polar surface area (TPSA) is 46.4 Å². The SMILES string of the molecule is O=[N+]([O-])c1cc2c3c(c1)[C@@H]1C=CC[C@@H]1[C@H](c1ccccc1)N3C[C@@H]1CC=C[C@H]21. The number of nitro groups is 1. The number of nitrogens with zero attached hydrogens (tertiary/aromatic N) is 2. The van der Waals surface area contributed by atoms with Gasteiger partial charge in [0, 0.05) is 36.2 Å². The second kappa shape index (κ2) is 5.81. The van der Waals surface area contributed by atoms with Crippen LogP contribution in [-0.2, 0) is 0 Å². The van der Waals surface area contributed by atoms with Gasteiger partial charge in [-0.1, -0.05) is 54.6 Å². The van der Waals surface area contributed by atoms with Crippen LogP contribution >= 0.6 is 0 Å². The van der Waals surface area contributed by atoms with E-state index in [1.807, 2.05) is 12.1 Å². The molecule has 2 aromatic carbocycles. The number of hydrogen-bond donors (Lipinski definition) is 0. The Morgan fingerprint density at radius 2 is 1.68 bits per heavy atom. The summed E-state index contributed by atoms with van der Waals surface area (Å²) >= 11 is 0. The first-order valence-corrected chi connectivity index (χ1v) is 10.2. The molecule has 0 saturated heterocycles. The van der Waals surface area contributed by atoms with Gasteiger partial charge in [0.2, 0.25) is 0 Å².